The zero-order valence-electron chi connectivity index (χ0n) is 19.7. The van der Waals surface area contributed by atoms with E-state index in [1.807, 2.05) is 58.0 Å². The van der Waals surface area contributed by atoms with Crippen LogP contribution in [0.15, 0.2) is 42.5 Å². The van der Waals surface area contributed by atoms with Crippen molar-refractivity contribution in [1.29, 1.82) is 0 Å². The number of nitrogens with zero attached hydrogens (tertiary/aromatic N) is 2. The summed E-state index contributed by atoms with van der Waals surface area (Å²) in [7, 11) is -2.21. The molecule has 2 amide bonds. The number of hydrogen-bond acceptors (Lipinski definition) is 4. The van der Waals surface area contributed by atoms with Gasteiger partial charge in [0.25, 0.3) is 0 Å². The largest absolute Gasteiger partial charge is 0.357 e. The molecule has 7 nitrogen and oxygen atoms in total. The second-order valence-corrected chi connectivity index (χ2v) is 9.94. The average Bonchev–Trinajstić information content (AvgIpc) is 2.73. The minimum atomic E-state index is -3.74. The van der Waals surface area contributed by atoms with Crippen molar-refractivity contribution in [2.45, 2.75) is 46.7 Å². The first kappa shape index (κ1) is 25.4. The van der Waals surface area contributed by atoms with Crippen molar-refractivity contribution in [3.05, 3.63) is 64.7 Å². The first-order valence-electron chi connectivity index (χ1n) is 10.6. The van der Waals surface area contributed by atoms with Crippen LogP contribution < -0.4 is 9.62 Å². The number of benzene rings is 2. The lowest BCUT2D eigenvalue weighted by molar-refractivity contribution is -0.140. The molecule has 1 atom stereocenters. The molecule has 0 aliphatic heterocycles. The second-order valence-electron chi connectivity index (χ2n) is 8.04. The molecule has 32 heavy (non-hydrogen) atoms. The van der Waals surface area contributed by atoms with Crippen molar-refractivity contribution < 1.29 is 18.0 Å². The topological polar surface area (TPSA) is 86.8 Å². The van der Waals surface area contributed by atoms with E-state index in [1.54, 1.807) is 12.1 Å². The smallest absolute Gasteiger partial charge is 0.244 e. The monoisotopic (exact) mass is 459 g/mol. The molecule has 0 aliphatic rings. The molecule has 0 spiro atoms. The summed E-state index contributed by atoms with van der Waals surface area (Å²) in [4.78, 5) is 27.5. The highest BCUT2D eigenvalue weighted by molar-refractivity contribution is 7.92. The van der Waals surface area contributed by atoms with Crippen LogP contribution in [0, 0.1) is 20.8 Å². The quantitative estimate of drug-likeness (QED) is 0.625. The van der Waals surface area contributed by atoms with E-state index < -0.39 is 22.0 Å². The van der Waals surface area contributed by atoms with Crippen LogP contribution in [0.25, 0.3) is 0 Å². The van der Waals surface area contributed by atoms with Gasteiger partial charge >= 0.3 is 0 Å². The van der Waals surface area contributed by atoms with Gasteiger partial charge in [0.05, 0.1) is 11.9 Å². The molecule has 0 fully saturated rings. The number of likely N-dealkylation sites (N-methyl/N-ethyl adjacent to an activating group) is 1. The molecule has 1 N–H and O–H groups in total. The molecule has 2 aromatic carbocycles. The van der Waals surface area contributed by atoms with Crippen molar-refractivity contribution >= 4 is 27.5 Å². The normalized spacial score (nSPS) is 12.2. The highest BCUT2D eigenvalue weighted by Crippen LogP contribution is 2.25. The second kappa shape index (κ2) is 10.6. The molecule has 0 radical (unpaired) electrons. The van der Waals surface area contributed by atoms with Crippen LogP contribution in [0.2, 0.25) is 0 Å². The fourth-order valence-electron chi connectivity index (χ4n) is 3.69. The van der Waals surface area contributed by atoms with Gasteiger partial charge in [-0.2, -0.15) is 0 Å². The maximum absolute atomic E-state index is 13.5. The molecular formula is C24H33N3O4S. The molecule has 0 aromatic heterocycles. The van der Waals surface area contributed by atoms with Gasteiger partial charge in [-0.1, -0.05) is 48.9 Å². The third kappa shape index (κ3) is 6.09. The molecule has 0 unspecified atom stereocenters. The van der Waals surface area contributed by atoms with E-state index in [0.29, 0.717) is 12.1 Å². The number of nitrogens with one attached hydrogen (secondary N) is 1. The van der Waals surface area contributed by atoms with Crippen LogP contribution in [-0.4, -0.2) is 51.0 Å². The lowest BCUT2D eigenvalue weighted by Crippen LogP contribution is -2.51. The van der Waals surface area contributed by atoms with Crippen LogP contribution >= 0.6 is 0 Å². The summed E-state index contributed by atoms with van der Waals surface area (Å²) in [5.74, 6) is -0.723. The van der Waals surface area contributed by atoms with Gasteiger partial charge in [-0.3, -0.25) is 13.9 Å². The number of aryl methyl sites for hydroxylation is 2. The number of rotatable bonds is 9. The molecule has 0 saturated carbocycles. The Bertz CT molecular complexity index is 1080. The zero-order valence-corrected chi connectivity index (χ0v) is 20.5. The highest BCUT2D eigenvalue weighted by atomic mass is 32.2. The Morgan fingerprint density at radius 2 is 1.72 bits per heavy atom. The Kier molecular flexibility index (Phi) is 8.44. The fraction of sp³-hybridized carbons (Fsp3) is 0.417. The van der Waals surface area contributed by atoms with Crippen molar-refractivity contribution in [2.75, 3.05) is 24.2 Å². The van der Waals surface area contributed by atoms with Gasteiger partial charge in [-0.25, -0.2) is 8.42 Å². The molecule has 0 bridgehead atoms. The Morgan fingerprint density at radius 3 is 2.28 bits per heavy atom. The predicted octanol–water partition coefficient (Wildman–Crippen LogP) is 2.93. The summed E-state index contributed by atoms with van der Waals surface area (Å²) in [5.41, 5.74) is 4.09. The number of hydrogen-bond donors (Lipinski definition) is 1. The van der Waals surface area contributed by atoms with Crippen LogP contribution in [0.3, 0.4) is 0 Å². The molecule has 0 saturated heterocycles. The van der Waals surface area contributed by atoms with Crippen LogP contribution in [0.1, 0.15) is 35.6 Å². The third-order valence-corrected chi connectivity index (χ3v) is 6.72. The first-order valence-corrected chi connectivity index (χ1v) is 12.4. The Hall–Kier alpha value is -2.87. The summed E-state index contributed by atoms with van der Waals surface area (Å²) in [6.45, 7) is 7.33. The van der Waals surface area contributed by atoms with Crippen LogP contribution in [-0.2, 0) is 26.2 Å². The van der Waals surface area contributed by atoms with Gasteiger partial charge in [-0.05, 0) is 49.9 Å². The number of amides is 2. The minimum absolute atomic E-state index is 0.205. The van der Waals surface area contributed by atoms with Gasteiger partial charge in [0.2, 0.25) is 21.8 Å². The Labute approximate surface area is 191 Å². The summed E-state index contributed by atoms with van der Waals surface area (Å²) in [6, 6.07) is 12.3. The average molecular weight is 460 g/mol. The Balaban J connectivity index is 2.48. The van der Waals surface area contributed by atoms with E-state index in [-0.39, 0.29) is 19.0 Å². The van der Waals surface area contributed by atoms with E-state index in [0.717, 1.165) is 32.8 Å². The van der Waals surface area contributed by atoms with Gasteiger partial charge in [0.1, 0.15) is 12.6 Å². The third-order valence-electron chi connectivity index (χ3n) is 5.59. The van der Waals surface area contributed by atoms with Crippen LogP contribution in [0.5, 0.6) is 0 Å². The fourth-order valence-corrected chi connectivity index (χ4v) is 4.59. The van der Waals surface area contributed by atoms with E-state index >= 15 is 0 Å². The molecule has 2 rings (SSSR count). The molecule has 174 valence electrons. The van der Waals surface area contributed by atoms with Crippen molar-refractivity contribution in [1.82, 2.24) is 10.2 Å². The highest BCUT2D eigenvalue weighted by Gasteiger charge is 2.31. The van der Waals surface area contributed by atoms with Crippen molar-refractivity contribution in [3.8, 4) is 0 Å². The van der Waals surface area contributed by atoms with Gasteiger partial charge < -0.3 is 10.2 Å². The lowest BCUT2D eigenvalue weighted by atomic mass is 10.1. The first-order chi connectivity index (χ1) is 15.0. The van der Waals surface area contributed by atoms with Gasteiger partial charge in [0.15, 0.2) is 0 Å². The van der Waals surface area contributed by atoms with Gasteiger partial charge in [-0.15, -0.1) is 0 Å². The van der Waals surface area contributed by atoms with Crippen molar-refractivity contribution in [3.63, 3.8) is 0 Å². The SMILES string of the molecule is CC[C@@H](C(=O)NC)N(Cc1cccc(C)c1)C(=O)CN(c1cccc(C)c1C)S(C)(=O)=O. The zero-order chi connectivity index (χ0) is 24.1. The van der Waals surface area contributed by atoms with Crippen molar-refractivity contribution in [2.24, 2.45) is 0 Å². The molecule has 0 aliphatic carbocycles. The van der Waals surface area contributed by atoms with Gasteiger partial charge in [0, 0.05) is 13.6 Å². The van der Waals surface area contributed by atoms with E-state index in [4.69, 9.17) is 0 Å². The maximum Gasteiger partial charge on any atom is 0.244 e. The molecule has 8 heteroatoms. The summed E-state index contributed by atoms with van der Waals surface area (Å²) < 4.78 is 26.4. The van der Waals surface area contributed by atoms with E-state index in [2.05, 4.69) is 5.32 Å². The minimum Gasteiger partial charge on any atom is -0.357 e. The van der Waals surface area contributed by atoms with Crippen LogP contribution in [0.4, 0.5) is 5.69 Å². The standard InChI is InChI=1S/C24H33N3O4S/c1-7-21(24(29)25-5)26(15-20-12-8-10-17(2)14-20)23(28)16-27(32(6,30)31)22-13-9-11-18(3)19(22)4/h8-14,21H,7,15-16H2,1-6H3,(H,25,29)/t21-/m0/s1. The molecule has 0 heterocycles. The Morgan fingerprint density at radius 1 is 1.06 bits per heavy atom. The van der Waals surface area contributed by atoms with E-state index in [9.17, 15) is 18.0 Å². The number of carbonyl (C=O) groups is 2. The molecular weight excluding hydrogens is 426 g/mol. The number of carbonyl (C=O) groups excluding carboxylic acids is 2. The summed E-state index contributed by atoms with van der Waals surface area (Å²) in [6.07, 6.45) is 1.49. The summed E-state index contributed by atoms with van der Waals surface area (Å²) >= 11 is 0. The maximum atomic E-state index is 13.5. The number of anilines is 1. The molecule has 2 aromatic rings. The van der Waals surface area contributed by atoms with E-state index in [1.165, 1.54) is 11.9 Å². The lowest BCUT2D eigenvalue weighted by Gasteiger charge is -2.33. The number of sulfonamides is 1. The predicted molar refractivity (Wildman–Crippen MR) is 128 cm³/mol. The summed E-state index contributed by atoms with van der Waals surface area (Å²) in [5, 5.41) is 2.62.